The molecular weight excluding hydrogens is 366 g/mol. The van der Waals surface area contributed by atoms with Gasteiger partial charge in [0.25, 0.3) is 0 Å². The van der Waals surface area contributed by atoms with Gasteiger partial charge in [0.15, 0.2) is 0 Å². The summed E-state index contributed by atoms with van der Waals surface area (Å²) in [6.45, 7) is 6.02. The molecule has 7 heteroatoms. The number of aromatic nitrogens is 3. The molecule has 3 N–H and O–H groups in total. The number of benzene rings is 2. The molecule has 0 radical (unpaired) electrons. The van der Waals surface area contributed by atoms with Crippen LogP contribution >= 0.6 is 0 Å². The van der Waals surface area contributed by atoms with Crippen LogP contribution in [-0.2, 0) is 16.7 Å². The number of para-hydroxylation sites is 1. The van der Waals surface area contributed by atoms with Crippen LogP contribution in [-0.4, -0.2) is 33.3 Å². The molecule has 0 amide bonds. The number of hydrogen-bond donors (Lipinski definition) is 3. The number of nitrogens with one attached hydrogen (secondary N) is 2. The summed E-state index contributed by atoms with van der Waals surface area (Å²) in [5.74, 6) is 0.231. The molecular formula is C22H23N5O2. The number of phenolic OH excluding ortho intramolecular Hbond substituents is 1. The molecule has 7 nitrogen and oxygen atoms in total. The van der Waals surface area contributed by atoms with E-state index in [0.717, 1.165) is 29.2 Å². The molecule has 3 aromatic rings. The summed E-state index contributed by atoms with van der Waals surface area (Å²) < 4.78 is 7.92. The SMILES string of the molecule is C=C1Nc2ccccc2C12COCC(n1cc(CNc3cccc(O)c3)nn1)C2. The fourth-order valence-electron chi connectivity index (χ4n) is 4.29. The smallest absolute Gasteiger partial charge is 0.117 e. The van der Waals surface area contributed by atoms with E-state index in [0.29, 0.717) is 19.8 Å². The summed E-state index contributed by atoms with van der Waals surface area (Å²) in [7, 11) is 0. The molecule has 2 aliphatic rings. The number of aromatic hydroxyl groups is 1. The van der Waals surface area contributed by atoms with E-state index in [9.17, 15) is 5.11 Å². The quantitative estimate of drug-likeness (QED) is 0.634. The van der Waals surface area contributed by atoms with E-state index >= 15 is 0 Å². The Labute approximate surface area is 169 Å². The average molecular weight is 389 g/mol. The van der Waals surface area contributed by atoms with Crippen molar-refractivity contribution in [2.24, 2.45) is 0 Å². The zero-order valence-corrected chi connectivity index (χ0v) is 16.0. The summed E-state index contributed by atoms with van der Waals surface area (Å²) >= 11 is 0. The minimum absolute atomic E-state index is 0.0791. The fourth-order valence-corrected chi connectivity index (χ4v) is 4.29. The van der Waals surface area contributed by atoms with Crippen LogP contribution in [0.25, 0.3) is 0 Å². The maximum absolute atomic E-state index is 9.58. The van der Waals surface area contributed by atoms with Crippen molar-refractivity contribution in [1.29, 1.82) is 0 Å². The van der Waals surface area contributed by atoms with E-state index in [2.05, 4.69) is 45.7 Å². The zero-order chi connectivity index (χ0) is 19.8. The van der Waals surface area contributed by atoms with Crippen molar-refractivity contribution in [3.63, 3.8) is 0 Å². The maximum atomic E-state index is 9.58. The first-order chi connectivity index (χ1) is 14.1. The second-order valence-electron chi connectivity index (χ2n) is 7.70. The Balaban J connectivity index is 1.33. The van der Waals surface area contributed by atoms with Crippen molar-refractivity contribution >= 4 is 11.4 Å². The third-order valence-corrected chi connectivity index (χ3v) is 5.80. The molecule has 3 heterocycles. The highest BCUT2D eigenvalue weighted by Crippen LogP contribution is 2.49. The van der Waals surface area contributed by atoms with Crippen LogP contribution in [0.1, 0.15) is 23.7 Å². The van der Waals surface area contributed by atoms with Gasteiger partial charge in [-0.25, -0.2) is 4.68 Å². The third-order valence-electron chi connectivity index (χ3n) is 5.80. The molecule has 5 rings (SSSR count). The molecule has 1 saturated heterocycles. The van der Waals surface area contributed by atoms with Gasteiger partial charge in [0.05, 0.1) is 37.4 Å². The van der Waals surface area contributed by atoms with Crippen LogP contribution < -0.4 is 10.6 Å². The van der Waals surface area contributed by atoms with E-state index < -0.39 is 0 Å². The fraction of sp³-hybridized carbons (Fsp3) is 0.273. The topological polar surface area (TPSA) is 84.2 Å². The van der Waals surface area contributed by atoms with Crippen molar-refractivity contribution < 1.29 is 9.84 Å². The Kier molecular flexibility index (Phi) is 4.24. The molecule has 1 aromatic heterocycles. The van der Waals surface area contributed by atoms with E-state index in [4.69, 9.17) is 4.74 Å². The predicted molar refractivity (Wildman–Crippen MR) is 111 cm³/mol. The van der Waals surface area contributed by atoms with Crippen LogP contribution in [0.15, 0.2) is 67.0 Å². The third kappa shape index (κ3) is 3.13. The van der Waals surface area contributed by atoms with Crippen molar-refractivity contribution in [1.82, 2.24) is 15.0 Å². The van der Waals surface area contributed by atoms with Gasteiger partial charge < -0.3 is 20.5 Å². The lowest BCUT2D eigenvalue weighted by Crippen LogP contribution is -2.41. The lowest BCUT2D eigenvalue weighted by Gasteiger charge is -2.38. The lowest BCUT2D eigenvalue weighted by molar-refractivity contribution is 0.0125. The highest BCUT2D eigenvalue weighted by Gasteiger charge is 2.47. The molecule has 148 valence electrons. The van der Waals surface area contributed by atoms with Crippen molar-refractivity contribution in [2.75, 3.05) is 23.8 Å². The Bertz CT molecular complexity index is 1060. The summed E-state index contributed by atoms with van der Waals surface area (Å²) in [4.78, 5) is 0. The number of ether oxygens (including phenoxy) is 1. The van der Waals surface area contributed by atoms with Gasteiger partial charge in [-0.3, -0.25) is 0 Å². The van der Waals surface area contributed by atoms with Crippen molar-refractivity contribution in [3.8, 4) is 5.75 Å². The molecule has 0 saturated carbocycles. The molecule has 0 aliphatic carbocycles. The first-order valence-corrected chi connectivity index (χ1v) is 9.71. The van der Waals surface area contributed by atoms with Gasteiger partial charge in [-0.05, 0) is 30.2 Å². The highest BCUT2D eigenvalue weighted by molar-refractivity contribution is 5.68. The van der Waals surface area contributed by atoms with Gasteiger partial charge in [-0.2, -0.15) is 0 Å². The number of fused-ring (bicyclic) bond motifs is 2. The monoisotopic (exact) mass is 389 g/mol. The average Bonchev–Trinajstić information content (AvgIpc) is 3.31. The van der Waals surface area contributed by atoms with E-state index in [-0.39, 0.29) is 17.2 Å². The standard InChI is InChI=1S/C22H23N5O2/c1-15-22(20-7-2-3-8-21(20)24-15)10-18(13-29-14-22)27-12-17(25-26-27)11-23-16-5-4-6-19(28)9-16/h2-9,12,18,23-24,28H,1,10-11,13-14H2. The molecule has 2 aliphatic heterocycles. The number of anilines is 2. The first-order valence-electron chi connectivity index (χ1n) is 9.71. The Morgan fingerprint density at radius 2 is 2.17 bits per heavy atom. The van der Waals surface area contributed by atoms with Gasteiger partial charge in [-0.1, -0.05) is 36.1 Å². The normalized spacial score (nSPS) is 23.0. The molecule has 2 unspecified atom stereocenters. The Hall–Kier alpha value is -3.32. The van der Waals surface area contributed by atoms with Gasteiger partial charge >= 0.3 is 0 Å². The van der Waals surface area contributed by atoms with Crippen LogP contribution in [0.3, 0.4) is 0 Å². The number of rotatable bonds is 4. The van der Waals surface area contributed by atoms with Crippen molar-refractivity contribution in [3.05, 3.63) is 78.3 Å². The molecule has 2 aromatic carbocycles. The summed E-state index contributed by atoms with van der Waals surface area (Å²) in [6.07, 6.45) is 2.82. The summed E-state index contributed by atoms with van der Waals surface area (Å²) in [5, 5.41) is 24.9. The van der Waals surface area contributed by atoms with E-state index in [1.165, 1.54) is 5.56 Å². The van der Waals surface area contributed by atoms with Crippen LogP contribution in [0.5, 0.6) is 5.75 Å². The lowest BCUT2D eigenvalue weighted by atomic mass is 9.74. The number of phenols is 1. The van der Waals surface area contributed by atoms with Gasteiger partial charge in [0.1, 0.15) is 11.4 Å². The van der Waals surface area contributed by atoms with Crippen LogP contribution in [0, 0.1) is 0 Å². The second-order valence-corrected chi connectivity index (χ2v) is 7.70. The Morgan fingerprint density at radius 1 is 1.28 bits per heavy atom. The minimum Gasteiger partial charge on any atom is -0.508 e. The maximum Gasteiger partial charge on any atom is 0.117 e. The van der Waals surface area contributed by atoms with E-state index in [1.54, 1.807) is 18.2 Å². The molecule has 2 atom stereocenters. The largest absolute Gasteiger partial charge is 0.508 e. The minimum atomic E-state index is -0.245. The summed E-state index contributed by atoms with van der Waals surface area (Å²) in [6, 6.07) is 15.4. The van der Waals surface area contributed by atoms with Gasteiger partial charge in [0.2, 0.25) is 0 Å². The first kappa shape index (κ1) is 17.8. The molecule has 29 heavy (non-hydrogen) atoms. The second kappa shape index (κ2) is 6.93. The predicted octanol–water partition coefficient (Wildman–Crippen LogP) is 3.43. The van der Waals surface area contributed by atoms with E-state index in [1.807, 2.05) is 23.0 Å². The molecule has 0 bridgehead atoms. The number of hydrogen-bond acceptors (Lipinski definition) is 6. The Morgan fingerprint density at radius 3 is 3.07 bits per heavy atom. The van der Waals surface area contributed by atoms with Gasteiger partial charge in [-0.15, -0.1) is 5.10 Å². The van der Waals surface area contributed by atoms with Crippen LogP contribution in [0.4, 0.5) is 11.4 Å². The summed E-state index contributed by atoms with van der Waals surface area (Å²) in [5.41, 5.74) is 4.75. The highest BCUT2D eigenvalue weighted by atomic mass is 16.5. The van der Waals surface area contributed by atoms with Gasteiger partial charge in [0, 0.05) is 23.1 Å². The molecule has 1 fully saturated rings. The zero-order valence-electron chi connectivity index (χ0n) is 16.0. The van der Waals surface area contributed by atoms with Crippen LogP contribution in [0.2, 0.25) is 0 Å². The van der Waals surface area contributed by atoms with Crippen molar-refractivity contribution in [2.45, 2.75) is 24.4 Å². The number of nitrogens with zero attached hydrogens (tertiary/aromatic N) is 3. The molecule has 1 spiro atoms.